The largest absolute Gasteiger partial charge is 0.326 e. The van der Waals surface area contributed by atoms with Crippen molar-refractivity contribution in [3.8, 4) is 0 Å². The van der Waals surface area contributed by atoms with Gasteiger partial charge >= 0.3 is 0 Å². The number of halogens is 2. The van der Waals surface area contributed by atoms with Crippen molar-refractivity contribution >= 4 is 17.2 Å². The third-order valence-corrected chi connectivity index (χ3v) is 1.79. The van der Waals surface area contributed by atoms with Gasteiger partial charge in [-0.25, -0.2) is 4.39 Å². The highest BCUT2D eigenvalue weighted by atomic mass is 35.5. The maximum Gasteiger partial charge on any atom is 0.132 e. The maximum atomic E-state index is 13.1. The first kappa shape index (κ1) is 9.23. The average Bonchev–Trinajstić information content (AvgIpc) is 2.03. The van der Waals surface area contributed by atoms with Crippen LogP contribution in [0.3, 0.4) is 0 Å². The van der Waals surface area contributed by atoms with E-state index in [0.29, 0.717) is 16.2 Å². The molecule has 0 radical (unpaired) electrons. The Morgan fingerprint density at radius 2 is 2.25 bits per heavy atom. The lowest BCUT2D eigenvalue weighted by Crippen LogP contribution is -2.02. The number of nitrogens with two attached hydrogens (primary N) is 1. The standard InChI is InChI=1S/C9H9ClFN/c1-6(5-12)8-3-2-7(10)4-9(8)11/h2-4H,1,5,12H2. The summed E-state index contributed by atoms with van der Waals surface area (Å²) < 4.78 is 13.1. The van der Waals surface area contributed by atoms with Gasteiger partial charge in [0.15, 0.2) is 0 Å². The van der Waals surface area contributed by atoms with Crippen molar-refractivity contribution in [1.82, 2.24) is 0 Å². The highest BCUT2D eigenvalue weighted by Gasteiger charge is 2.04. The summed E-state index contributed by atoms with van der Waals surface area (Å²) in [7, 11) is 0. The summed E-state index contributed by atoms with van der Waals surface area (Å²) >= 11 is 5.56. The van der Waals surface area contributed by atoms with E-state index in [2.05, 4.69) is 6.58 Å². The minimum absolute atomic E-state index is 0.249. The zero-order valence-electron chi connectivity index (χ0n) is 6.48. The number of benzene rings is 1. The molecule has 3 heteroatoms. The minimum Gasteiger partial charge on any atom is -0.326 e. The van der Waals surface area contributed by atoms with Crippen molar-refractivity contribution in [1.29, 1.82) is 0 Å². The molecule has 0 heterocycles. The molecule has 0 aliphatic rings. The van der Waals surface area contributed by atoms with Crippen LogP contribution in [0.15, 0.2) is 24.8 Å². The molecule has 0 aliphatic carbocycles. The van der Waals surface area contributed by atoms with Gasteiger partial charge in [-0.3, -0.25) is 0 Å². The lowest BCUT2D eigenvalue weighted by molar-refractivity contribution is 0.624. The molecular formula is C9H9ClFN. The Kier molecular flexibility index (Phi) is 2.84. The minimum atomic E-state index is -0.377. The van der Waals surface area contributed by atoms with Crippen molar-refractivity contribution in [2.45, 2.75) is 0 Å². The lowest BCUT2D eigenvalue weighted by atomic mass is 10.1. The molecule has 0 saturated heterocycles. The summed E-state index contributed by atoms with van der Waals surface area (Å²) in [4.78, 5) is 0. The average molecular weight is 186 g/mol. The summed E-state index contributed by atoms with van der Waals surface area (Å²) in [6.07, 6.45) is 0. The van der Waals surface area contributed by atoms with Gasteiger partial charge in [-0.1, -0.05) is 24.2 Å². The number of rotatable bonds is 2. The van der Waals surface area contributed by atoms with Crippen molar-refractivity contribution in [2.24, 2.45) is 5.73 Å². The Hall–Kier alpha value is -0.860. The monoisotopic (exact) mass is 185 g/mol. The predicted molar refractivity (Wildman–Crippen MR) is 49.5 cm³/mol. The second kappa shape index (κ2) is 3.70. The van der Waals surface area contributed by atoms with E-state index in [1.54, 1.807) is 12.1 Å². The molecule has 64 valence electrons. The number of hydrogen-bond acceptors (Lipinski definition) is 1. The van der Waals surface area contributed by atoms with Gasteiger partial charge in [0.25, 0.3) is 0 Å². The first-order chi connectivity index (χ1) is 5.65. The Labute approximate surface area is 75.6 Å². The molecule has 0 atom stereocenters. The van der Waals surface area contributed by atoms with E-state index in [1.807, 2.05) is 0 Å². The van der Waals surface area contributed by atoms with Gasteiger partial charge in [-0.2, -0.15) is 0 Å². The first-order valence-corrected chi connectivity index (χ1v) is 3.86. The fourth-order valence-electron chi connectivity index (χ4n) is 0.886. The SMILES string of the molecule is C=C(CN)c1ccc(Cl)cc1F. The summed E-state index contributed by atoms with van der Waals surface area (Å²) in [5.41, 5.74) is 6.32. The molecule has 0 unspecified atom stereocenters. The molecule has 0 amide bonds. The van der Waals surface area contributed by atoms with Crippen LogP contribution in [0.5, 0.6) is 0 Å². The molecular weight excluding hydrogens is 177 g/mol. The second-order valence-corrected chi connectivity index (χ2v) is 2.87. The molecule has 0 aromatic heterocycles. The maximum absolute atomic E-state index is 13.1. The molecule has 0 fully saturated rings. The van der Waals surface area contributed by atoms with E-state index in [1.165, 1.54) is 6.07 Å². The van der Waals surface area contributed by atoms with Gasteiger partial charge in [0, 0.05) is 17.1 Å². The molecule has 1 aromatic rings. The van der Waals surface area contributed by atoms with Gasteiger partial charge in [-0.15, -0.1) is 0 Å². The molecule has 1 rings (SSSR count). The van der Waals surface area contributed by atoms with Crippen LogP contribution in [-0.4, -0.2) is 6.54 Å². The van der Waals surface area contributed by atoms with Gasteiger partial charge in [0.2, 0.25) is 0 Å². The topological polar surface area (TPSA) is 26.0 Å². The normalized spacial score (nSPS) is 9.92. The quantitative estimate of drug-likeness (QED) is 0.753. The van der Waals surface area contributed by atoms with E-state index in [-0.39, 0.29) is 12.4 Å². The fourth-order valence-corrected chi connectivity index (χ4v) is 1.04. The lowest BCUT2D eigenvalue weighted by Gasteiger charge is -2.03. The van der Waals surface area contributed by atoms with Crippen LogP contribution in [-0.2, 0) is 0 Å². The van der Waals surface area contributed by atoms with Crippen molar-refractivity contribution in [3.63, 3.8) is 0 Å². The van der Waals surface area contributed by atoms with Crippen LogP contribution >= 0.6 is 11.6 Å². The Bertz CT molecular complexity index is 309. The Morgan fingerprint density at radius 1 is 1.58 bits per heavy atom. The van der Waals surface area contributed by atoms with E-state index >= 15 is 0 Å². The first-order valence-electron chi connectivity index (χ1n) is 3.48. The highest BCUT2D eigenvalue weighted by molar-refractivity contribution is 6.30. The summed E-state index contributed by atoms with van der Waals surface area (Å²) in [5, 5.41) is 0.376. The summed E-state index contributed by atoms with van der Waals surface area (Å²) in [6, 6.07) is 4.44. The van der Waals surface area contributed by atoms with Gasteiger partial charge < -0.3 is 5.73 Å². The van der Waals surface area contributed by atoms with Gasteiger partial charge in [0.05, 0.1) is 0 Å². The van der Waals surface area contributed by atoms with Gasteiger partial charge in [0.1, 0.15) is 5.82 Å². The van der Waals surface area contributed by atoms with Crippen LogP contribution in [0.1, 0.15) is 5.56 Å². The highest BCUT2D eigenvalue weighted by Crippen LogP contribution is 2.19. The Balaban J connectivity index is 3.09. The number of hydrogen-bond donors (Lipinski definition) is 1. The van der Waals surface area contributed by atoms with E-state index in [9.17, 15) is 4.39 Å². The van der Waals surface area contributed by atoms with Crippen LogP contribution in [0.4, 0.5) is 4.39 Å². The summed E-state index contributed by atoms with van der Waals surface area (Å²) in [6.45, 7) is 3.87. The van der Waals surface area contributed by atoms with Crippen molar-refractivity contribution in [2.75, 3.05) is 6.54 Å². The molecule has 0 aliphatic heterocycles. The molecule has 0 bridgehead atoms. The smallest absolute Gasteiger partial charge is 0.132 e. The third-order valence-electron chi connectivity index (χ3n) is 1.56. The van der Waals surface area contributed by atoms with E-state index in [0.717, 1.165) is 0 Å². The van der Waals surface area contributed by atoms with Crippen LogP contribution < -0.4 is 5.73 Å². The van der Waals surface area contributed by atoms with Crippen molar-refractivity contribution in [3.05, 3.63) is 41.2 Å². The van der Waals surface area contributed by atoms with Crippen molar-refractivity contribution < 1.29 is 4.39 Å². The zero-order chi connectivity index (χ0) is 9.14. The molecule has 0 saturated carbocycles. The molecule has 0 spiro atoms. The summed E-state index contributed by atoms with van der Waals surface area (Å²) in [5.74, 6) is -0.377. The Morgan fingerprint density at radius 3 is 2.75 bits per heavy atom. The molecule has 1 nitrogen and oxygen atoms in total. The van der Waals surface area contributed by atoms with Crippen LogP contribution in [0, 0.1) is 5.82 Å². The van der Waals surface area contributed by atoms with E-state index in [4.69, 9.17) is 17.3 Å². The zero-order valence-corrected chi connectivity index (χ0v) is 7.24. The fraction of sp³-hybridized carbons (Fsp3) is 0.111. The predicted octanol–water partition coefficient (Wildman–Crippen LogP) is 2.45. The van der Waals surface area contributed by atoms with Crippen LogP contribution in [0.2, 0.25) is 5.02 Å². The molecule has 1 aromatic carbocycles. The van der Waals surface area contributed by atoms with E-state index < -0.39 is 0 Å². The van der Waals surface area contributed by atoms with Crippen LogP contribution in [0.25, 0.3) is 5.57 Å². The second-order valence-electron chi connectivity index (χ2n) is 2.43. The molecule has 2 N–H and O–H groups in total. The third kappa shape index (κ3) is 1.84. The van der Waals surface area contributed by atoms with Gasteiger partial charge in [-0.05, 0) is 17.7 Å². The molecule has 12 heavy (non-hydrogen) atoms.